The van der Waals surface area contributed by atoms with Gasteiger partial charge in [0, 0.05) is 19.2 Å². The van der Waals surface area contributed by atoms with Crippen molar-refractivity contribution in [2.24, 2.45) is 7.05 Å². The normalized spacial score (nSPS) is 11.2. The number of aromatic nitrogens is 2. The Morgan fingerprint density at radius 3 is 2.54 bits per heavy atom. The van der Waals surface area contributed by atoms with Crippen LogP contribution in [0.3, 0.4) is 0 Å². The van der Waals surface area contributed by atoms with Crippen molar-refractivity contribution in [1.82, 2.24) is 9.78 Å². The number of ether oxygens (including phenoxy) is 1. The smallest absolute Gasteiger partial charge is 0.416 e. The quantitative estimate of drug-likeness (QED) is 0.679. The van der Waals surface area contributed by atoms with E-state index in [-0.39, 0.29) is 5.82 Å². The number of alkyl halides is 3. The van der Waals surface area contributed by atoms with Crippen LogP contribution in [0.4, 0.5) is 24.7 Å². The molecule has 0 atom stereocenters. The number of rotatable bonds is 4. The monoisotopic (exact) mass is 344 g/mol. The maximum atomic E-state index is 12.6. The Kier molecular flexibility index (Phi) is 4.44. The number of carbonyl (C=O) groups excluding carboxylic acids is 1. The van der Waals surface area contributed by atoms with Gasteiger partial charge in [-0.3, -0.25) is 14.9 Å². The standard InChI is InChI=1S/C13H11F3N4O4/c1-19-11(24-2)6-10(18-19)17-12(21)8-4-3-7(13(14,15)16)5-9(8)20(22)23/h3-6H,1-2H3,(H,17,18,21). The number of nitrogens with zero attached hydrogens (tertiary/aromatic N) is 3. The van der Waals surface area contributed by atoms with Crippen molar-refractivity contribution in [3.63, 3.8) is 0 Å². The molecule has 0 fully saturated rings. The Morgan fingerprint density at radius 1 is 1.38 bits per heavy atom. The zero-order valence-electron chi connectivity index (χ0n) is 12.4. The van der Waals surface area contributed by atoms with Gasteiger partial charge >= 0.3 is 6.18 Å². The molecule has 0 aliphatic carbocycles. The second kappa shape index (κ2) is 6.18. The summed E-state index contributed by atoms with van der Waals surface area (Å²) in [7, 11) is 2.92. The van der Waals surface area contributed by atoms with E-state index in [2.05, 4.69) is 10.4 Å². The van der Waals surface area contributed by atoms with Crippen LogP contribution in [0.5, 0.6) is 5.88 Å². The molecule has 0 unspecified atom stereocenters. The van der Waals surface area contributed by atoms with Crippen LogP contribution in [0, 0.1) is 10.1 Å². The number of methoxy groups -OCH3 is 1. The number of nitrogens with one attached hydrogen (secondary N) is 1. The van der Waals surface area contributed by atoms with Crippen LogP contribution in [0.15, 0.2) is 24.3 Å². The van der Waals surface area contributed by atoms with Gasteiger partial charge in [-0.1, -0.05) is 0 Å². The maximum absolute atomic E-state index is 12.6. The average molecular weight is 344 g/mol. The van der Waals surface area contributed by atoms with Crippen molar-refractivity contribution < 1.29 is 27.6 Å². The Labute approximate surface area is 133 Å². The van der Waals surface area contributed by atoms with E-state index in [1.54, 1.807) is 0 Å². The minimum absolute atomic E-state index is 0.0357. The number of nitro benzene ring substituents is 1. The molecule has 11 heteroatoms. The lowest BCUT2D eigenvalue weighted by Crippen LogP contribution is -2.16. The van der Waals surface area contributed by atoms with E-state index >= 15 is 0 Å². The van der Waals surface area contributed by atoms with Crippen LogP contribution >= 0.6 is 0 Å². The van der Waals surface area contributed by atoms with Gasteiger partial charge in [0.25, 0.3) is 11.6 Å². The Bertz CT molecular complexity index is 801. The fraction of sp³-hybridized carbons (Fsp3) is 0.231. The van der Waals surface area contributed by atoms with E-state index in [0.29, 0.717) is 18.0 Å². The third-order valence-corrected chi connectivity index (χ3v) is 3.05. The zero-order valence-corrected chi connectivity index (χ0v) is 12.4. The summed E-state index contributed by atoms with van der Waals surface area (Å²) in [4.78, 5) is 22.1. The average Bonchev–Trinajstić information content (AvgIpc) is 2.85. The molecule has 0 bridgehead atoms. The molecule has 0 aliphatic heterocycles. The highest BCUT2D eigenvalue weighted by atomic mass is 19.4. The number of nitro groups is 1. The highest BCUT2D eigenvalue weighted by molar-refractivity contribution is 6.06. The molecular formula is C13H11F3N4O4. The zero-order chi connectivity index (χ0) is 18.1. The van der Waals surface area contributed by atoms with Crippen molar-refractivity contribution in [2.75, 3.05) is 12.4 Å². The Morgan fingerprint density at radius 2 is 2.04 bits per heavy atom. The molecule has 1 N–H and O–H groups in total. The van der Waals surface area contributed by atoms with E-state index in [1.807, 2.05) is 0 Å². The van der Waals surface area contributed by atoms with Gasteiger partial charge in [-0.25, -0.2) is 4.68 Å². The highest BCUT2D eigenvalue weighted by Gasteiger charge is 2.34. The van der Waals surface area contributed by atoms with Crippen molar-refractivity contribution >= 4 is 17.4 Å². The minimum atomic E-state index is -4.76. The van der Waals surface area contributed by atoms with E-state index < -0.39 is 33.8 Å². The van der Waals surface area contributed by atoms with Crippen LogP contribution in [0.1, 0.15) is 15.9 Å². The van der Waals surface area contributed by atoms with E-state index in [9.17, 15) is 28.1 Å². The molecule has 1 aromatic heterocycles. The molecule has 0 saturated carbocycles. The molecule has 1 heterocycles. The summed E-state index contributed by atoms with van der Waals surface area (Å²) < 4.78 is 44.2. The predicted molar refractivity (Wildman–Crippen MR) is 75.8 cm³/mol. The second-order valence-corrected chi connectivity index (χ2v) is 4.64. The number of carbonyl (C=O) groups is 1. The van der Waals surface area contributed by atoms with Crippen molar-refractivity contribution in [3.8, 4) is 5.88 Å². The number of halogens is 3. The van der Waals surface area contributed by atoms with Gasteiger partial charge < -0.3 is 10.1 Å². The lowest BCUT2D eigenvalue weighted by atomic mass is 10.1. The first kappa shape index (κ1) is 17.2. The predicted octanol–water partition coefficient (Wildman–Crippen LogP) is 2.61. The summed E-state index contributed by atoms with van der Waals surface area (Å²) in [6.45, 7) is 0. The second-order valence-electron chi connectivity index (χ2n) is 4.64. The van der Waals surface area contributed by atoms with Gasteiger partial charge in [-0.15, -0.1) is 0 Å². The summed E-state index contributed by atoms with van der Waals surface area (Å²) in [5.41, 5.74) is -2.69. The molecule has 0 saturated heterocycles. The number of benzene rings is 1. The van der Waals surface area contributed by atoms with Gasteiger partial charge in [-0.2, -0.15) is 18.3 Å². The number of anilines is 1. The third kappa shape index (κ3) is 3.45. The van der Waals surface area contributed by atoms with Gasteiger partial charge in [0.15, 0.2) is 5.82 Å². The number of amides is 1. The molecule has 1 amide bonds. The third-order valence-electron chi connectivity index (χ3n) is 3.05. The summed E-state index contributed by atoms with van der Waals surface area (Å²) >= 11 is 0. The van der Waals surface area contributed by atoms with Crippen molar-refractivity contribution in [2.45, 2.75) is 6.18 Å². The lowest BCUT2D eigenvalue weighted by Gasteiger charge is -2.08. The molecule has 1 aromatic carbocycles. The molecule has 24 heavy (non-hydrogen) atoms. The summed E-state index contributed by atoms with van der Waals surface area (Å²) in [6, 6.07) is 3.01. The van der Waals surface area contributed by atoms with Gasteiger partial charge in [0.2, 0.25) is 5.88 Å². The fourth-order valence-corrected chi connectivity index (χ4v) is 1.94. The number of hydrogen-bond acceptors (Lipinski definition) is 5. The largest absolute Gasteiger partial charge is 0.481 e. The Hall–Kier alpha value is -3.11. The summed E-state index contributed by atoms with van der Waals surface area (Å²) in [5.74, 6) is -0.614. The molecule has 0 radical (unpaired) electrons. The fourth-order valence-electron chi connectivity index (χ4n) is 1.94. The van der Waals surface area contributed by atoms with Crippen LogP contribution in [-0.2, 0) is 13.2 Å². The van der Waals surface area contributed by atoms with Crippen LogP contribution in [-0.4, -0.2) is 27.7 Å². The Balaban J connectivity index is 2.36. The van der Waals surface area contributed by atoms with E-state index in [0.717, 1.165) is 6.07 Å². The lowest BCUT2D eigenvalue weighted by molar-refractivity contribution is -0.385. The number of hydrogen-bond donors (Lipinski definition) is 1. The van der Waals surface area contributed by atoms with Gasteiger partial charge in [-0.05, 0) is 12.1 Å². The maximum Gasteiger partial charge on any atom is 0.416 e. The van der Waals surface area contributed by atoms with Gasteiger partial charge in [0.05, 0.1) is 17.6 Å². The highest BCUT2D eigenvalue weighted by Crippen LogP contribution is 2.33. The van der Waals surface area contributed by atoms with Gasteiger partial charge in [0.1, 0.15) is 5.56 Å². The topological polar surface area (TPSA) is 99.3 Å². The molecule has 2 rings (SSSR count). The van der Waals surface area contributed by atoms with Crippen LogP contribution < -0.4 is 10.1 Å². The first-order valence-electron chi connectivity index (χ1n) is 6.38. The van der Waals surface area contributed by atoms with Crippen LogP contribution in [0.2, 0.25) is 0 Å². The van der Waals surface area contributed by atoms with Crippen molar-refractivity contribution in [3.05, 3.63) is 45.5 Å². The van der Waals surface area contributed by atoms with Crippen LogP contribution in [0.25, 0.3) is 0 Å². The molecule has 0 aliphatic rings. The van der Waals surface area contributed by atoms with E-state index in [4.69, 9.17) is 4.74 Å². The summed E-state index contributed by atoms with van der Waals surface area (Å²) in [6.07, 6.45) is -4.76. The number of aryl methyl sites for hydroxylation is 1. The summed E-state index contributed by atoms with van der Waals surface area (Å²) in [5, 5.41) is 17.1. The van der Waals surface area contributed by atoms with Crippen molar-refractivity contribution in [1.29, 1.82) is 0 Å². The SMILES string of the molecule is COc1cc(NC(=O)c2ccc(C(F)(F)F)cc2[N+](=O)[O-])nn1C. The molecule has 2 aromatic rings. The first-order chi connectivity index (χ1) is 11.1. The van der Waals surface area contributed by atoms with E-state index in [1.165, 1.54) is 24.9 Å². The minimum Gasteiger partial charge on any atom is -0.481 e. The molecule has 8 nitrogen and oxygen atoms in total. The molecule has 128 valence electrons. The molecule has 0 spiro atoms. The molecular weight excluding hydrogens is 333 g/mol. The first-order valence-corrected chi connectivity index (χ1v) is 6.38.